The van der Waals surface area contributed by atoms with Crippen molar-refractivity contribution < 1.29 is 14.3 Å². The Morgan fingerprint density at radius 1 is 1.17 bits per heavy atom. The number of amides is 2. The fourth-order valence-electron chi connectivity index (χ4n) is 2.20. The van der Waals surface area contributed by atoms with Gasteiger partial charge in [-0.1, -0.05) is 30.3 Å². The van der Waals surface area contributed by atoms with Crippen LogP contribution in [0, 0.1) is 0 Å². The first-order chi connectivity index (χ1) is 11.1. The minimum Gasteiger partial charge on any atom is -0.467 e. The molecule has 6 nitrogen and oxygen atoms in total. The summed E-state index contributed by atoms with van der Waals surface area (Å²) in [5, 5.41) is 5.27. The van der Waals surface area contributed by atoms with Crippen LogP contribution in [0.4, 0.5) is 4.79 Å². The lowest BCUT2D eigenvalue weighted by atomic mass is 10.2. The normalized spacial score (nSPS) is 11.6. The second-order valence-electron chi connectivity index (χ2n) is 5.18. The molecule has 122 valence electrons. The molecular weight excluding hydrogens is 294 g/mol. The molecule has 1 atom stereocenters. The van der Waals surface area contributed by atoms with E-state index in [1.807, 2.05) is 36.5 Å². The summed E-state index contributed by atoms with van der Waals surface area (Å²) in [6.45, 7) is 2.69. The van der Waals surface area contributed by atoms with Crippen molar-refractivity contribution in [3.63, 3.8) is 0 Å². The molecule has 1 heterocycles. The van der Waals surface area contributed by atoms with Crippen LogP contribution < -0.4 is 10.6 Å². The number of methoxy groups -OCH3 is 1. The van der Waals surface area contributed by atoms with E-state index in [1.54, 1.807) is 6.92 Å². The number of hydrogen-bond donors (Lipinski definition) is 2. The molecule has 0 radical (unpaired) electrons. The zero-order valence-electron chi connectivity index (χ0n) is 13.3. The third-order valence-corrected chi connectivity index (χ3v) is 3.45. The van der Waals surface area contributed by atoms with Gasteiger partial charge in [-0.2, -0.15) is 0 Å². The van der Waals surface area contributed by atoms with Crippen LogP contribution in [0.1, 0.15) is 18.2 Å². The van der Waals surface area contributed by atoms with Crippen molar-refractivity contribution in [3.8, 4) is 0 Å². The summed E-state index contributed by atoms with van der Waals surface area (Å²) >= 11 is 0. The van der Waals surface area contributed by atoms with Crippen LogP contribution in [0.5, 0.6) is 0 Å². The van der Waals surface area contributed by atoms with Crippen LogP contribution in [0.15, 0.2) is 48.7 Å². The van der Waals surface area contributed by atoms with Crippen LogP contribution in [0.2, 0.25) is 0 Å². The minimum atomic E-state index is -0.684. The number of aromatic nitrogens is 1. The summed E-state index contributed by atoms with van der Waals surface area (Å²) in [5.41, 5.74) is 2.17. The molecule has 2 N–H and O–H groups in total. The Hall–Kier alpha value is -2.76. The number of nitrogens with one attached hydrogen (secondary N) is 2. The van der Waals surface area contributed by atoms with Crippen molar-refractivity contribution in [2.75, 3.05) is 7.11 Å². The van der Waals surface area contributed by atoms with E-state index in [9.17, 15) is 9.59 Å². The summed E-state index contributed by atoms with van der Waals surface area (Å²) in [4.78, 5) is 23.1. The van der Waals surface area contributed by atoms with Crippen molar-refractivity contribution in [1.29, 1.82) is 0 Å². The van der Waals surface area contributed by atoms with Gasteiger partial charge in [-0.15, -0.1) is 0 Å². The van der Waals surface area contributed by atoms with Gasteiger partial charge >= 0.3 is 12.0 Å². The average Bonchev–Trinajstić information content (AvgIpc) is 3.00. The maximum Gasteiger partial charge on any atom is 0.328 e. The van der Waals surface area contributed by atoms with Crippen molar-refractivity contribution in [3.05, 3.63) is 59.9 Å². The summed E-state index contributed by atoms with van der Waals surface area (Å²) in [7, 11) is 1.29. The molecule has 2 aromatic rings. The van der Waals surface area contributed by atoms with Crippen LogP contribution in [-0.2, 0) is 22.6 Å². The molecule has 1 unspecified atom stereocenters. The number of benzene rings is 1. The number of carbonyl (C=O) groups is 2. The first kappa shape index (κ1) is 16.6. The Morgan fingerprint density at radius 3 is 2.61 bits per heavy atom. The highest BCUT2D eigenvalue weighted by atomic mass is 16.5. The number of carbonyl (C=O) groups excluding carboxylic acids is 2. The molecule has 0 saturated heterocycles. The average molecular weight is 315 g/mol. The van der Waals surface area contributed by atoms with E-state index < -0.39 is 18.0 Å². The molecule has 0 spiro atoms. The van der Waals surface area contributed by atoms with E-state index in [1.165, 1.54) is 12.7 Å². The molecule has 23 heavy (non-hydrogen) atoms. The number of hydrogen-bond acceptors (Lipinski definition) is 3. The summed E-state index contributed by atoms with van der Waals surface area (Å²) < 4.78 is 6.63. The fourth-order valence-corrected chi connectivity index (χ4v) is 2.20. The zero-order chi connectivity index (χ0) is 16.7. The maximum atomic E-state index is 11.8. The predicted molar refractivity (Wildman–Crippen MR) is 86.8 cm³/mol. The molecule has 2 rings (SSSR count). The quantitative estimate of drug-likeness (QED) is 0.800. The molecule has 0 bridgehead atoms. The van der Waals surface area contributed by atoms with E-state index in [2.05, 4.69) is 32.1 Å². The third-order valence-electron chi connectivity index (χ3n) is 3.45. The minimum absolute atomic E-state index is 0.375. The van der Waals surface area contributed by atoms with Crippen molar-refractivity contribution >= 4 is 12.0 Å². The molecule has 1 aromatic heterocycles. The van der Waals surface area contributed by atoms with E-state index in [4.69, 9.17) is 0 Å². The zero-order valence-corrected chi connectivity index (χ0v) is 13.3. The highest BCUT2D eigenvalue weighted by Crippen LogP contribution is 2.07. The van der Waals surface area contributed by atoms with Crippen LogP contribution in [-0.4, -0.2) is 29.7 Å². The molecule has 0 aliphatic heterocycles. The van der Waals surface area contributed by atoms with Gasteiger partial charge in [0.15, 0.2) is 0 Å². The van der Waals surface area contributed by atoms with Gasteiger partial charge in [-0.25, -0.2) is 9.59 Å². The Bertz CT molecular complexity index is 652. The molecule has 0 fully saturated rings. The molecule has 0 aliphatic carbocycles. The van der Waals surface area contributed by atoms with Gasteiger partial charge in [-0.05, 0) is 24.6 Å². The Balaban J connectivity index is 1.88. The molecule has 0 saturated carbocycles. The fraction of sp³-hybridized carbons (Fsp3) is 0.294. The molecule has 6 heteroatoms. The highest BCUT2D eigenvalue weighted by Gasteiger charge is 2.15. The Kier molecular flexibility index (Phi) is 5.80. The number of esters is 1. The van der Waals surface area contributed by atoms with E-state index in [-0.39, 0.29) is 0 Å². The Labute approximate surface area is 135 Å². The van der Waals surface area contributed by atoms with Gasteiger partial charge < -0.3 is 19.9 Å². The van der Waals surface area contributed by atoms with Crippen LogP contribution in [0.3, 0.4) is 0 Å². The lowest BCUT2D eigenvalue weighted by Crippen LogP contribution is -2.44. The number of rotatable bonds is 6. The second-order valence-corrected chi connectivity index (χ2v) is 5.18. The first-order valence-electron chi connectivity index (χ1n) is 7.40. The van der Waals surface area contributed by atoms with Gasteiger partial charge in [0.2, 0.25) is 0 Å². The van der Waals surface area contributed by atoms with Gasteiger partial charge in [-0.3, -0.25) is 0 Å². The van der Waals surface area contributed by atoms with Crippen molar-refractivity contribution in [2.45, 2.75) is 26.1 Å². The largest absolute Gasteiger partial charge is 0.467 e. The molecule has 0 aliphatic rings. The summed E-state index contributed by atoms with van der Waals surface area (Å²) in [6, 6.07) is 12.9. The smallest absolute Gasteiger partial charge is 0.328 e. The monoisotopic (exact) mass is 315 g/mol. The maximum absolute atomic E-state index is 11.8. The topological polar surface area (TPSA) is 72.4 Å². The number of nitrogens with zero attached hydrogens (tertiary/aromatic N) is 1. The molecular formula is C17H21N3O3. The summed E-state index contributed by atoms with van der Waals surface area (Å²) in [5.74, 6) is -0.479. The van der Waals surface area contributed by atoms with Crippen LogP contribution in [0.25, 0.3) is 0 Å². The third kappa shape index (κ3) is 4.88. The lowest BCUT2D eigenvalue weighted by molar-refractivity contribution is -0.142. The number of ether oxygens (including phenoxy) is 1. The van der Waals surface area contributed by atoms with Crippen LogP contribution >= 0.6 is 0 Å². The van der Waals surface area contributed by atoms with Gasteiger partial charge in [0, 0.05) is 18.4 Å². The molecule has 2 amide bonds. The number of urea groups is 1. The van der Waals surface area contributed by atoms with Gasteiger partial charge in [0.1, 0.15) is 6.04 Å². The standard InChI is InChI=1S/C17H21N3O3/c1-13(16(21)23-2)19-17(22)18-11-15-9-6-10-20(15)12-14-7-4-3-5-8-14/h3-10,13H,11-12H2,1-2H3,(H2,18,19,22). The van der Waals surface area contributed by atoms with Crippen molar-refractivity contribution in [2.24, 2.45) is 0 Å². The van der Waals surface area contributed by atoms with Crippen molar-refractivity contribution in [1.82, 2.24) is 15.2 Å². The highest BCUT2D eigenvalue weighted by molar-refractivity contribution is 5.83. The SMILES string of the molecule is COC(=O)C(C)NC(=O)NCc1cccn1Cc1ccccc1. The van der Waals surface area contributed by atoms with E-state index in [0.29, 0.717) is 6.54 Å². The predicted octanol–water partition coefficient (Wildman–Crippen LogP) is 1.90. The molecule has 1 aromatic carbocycles. The lowest BCUT2D eigenvalue weighted by Gasteiger charge is -2.14. The first-order valence-corrected chi connectivity index (χ1v) is 7.40. The second kappa shape index (κ2) is 8.03. The Morgan fingerprint density at radius 2 is 1.91 bits per heavy atom. The van der Waals surface area contributed by atoms with Gasteiger partial charge in [0.25, 0.3) is 0 Å². The summed E-state index contributed by atoms with van der Waals surface area (Å²) in [6.07, 6.45) is 1.97. The van der Waals surface area contributed by atoms with E-state index >= 15 is 0 Å². The van der Waals surface area contributed by atoms with Gasteiger partial charge in [0.05, 0.1) is 13.7 Å². The van der Waals surface area contributed by atoms with E-state index in [0.717, 1.165) is 12.2 Å².